The van der Waals surface area contributed by atoms with Gasteiger partial charge < -0.3 is 4.74 Å². The summed E-state index contributed by atoms with van der Waals surface area (Å²) in [6.45, 7) is 0. The minimum Gasteiger partial charge on any atom is -0.497 e. The summed E-state index contributed by atoms with van der Waals surface area (Å²) in [5, 5.41) is 1.13. The normalized spacial score (nSPS) is 12.9. The van der Waals surface area contributed by atoms with Crippen molar-refractivity contribution >= 4 is 32.9 Å². The maximum Gasteiger partial charge on any atom is 0.134 e. The van der Waals surface area contributed by atoms with E-state index in [1.807, 2.05) is 11.3 Å². The molecule has 0 saturated carbocycles. The molecule has 1 aliphatic rings. The average molecular weight is 349 g/mol. The van der Waals surface area contributed by atoms with Crippen LogP contribution in [0.5, 0.6) is 5.75 Å². The van der Waals surface area contributed by atoms with Crippen LogP contribution in [0, 0.1) is 0 Å². The Labute approximate surface area is 148 Å². The zero-order chi connectivity index (χ0) is 16.1. The molecular weight excluding hydrogens is 334 g/mol. The number of thiophene rings is 1. The second-order valence-corrected chi connectivity index (χ2v) is 8.06. The first-order valence-corrected chi connectivity index (χ1v) is 9.61. The Bertz CT molecular complexity index is 1030. The van der Waals surface area contributed by atoms with Gasteiger partial charge in [0.15, 0.2) is 0 Å². The summed E-state index contributed by atoms with van der Waals surface area (Å²) in [4.78, 5) is 7.50. The highest BCUT2D eigenvalue weighted by Gasteiger charge is 2.21. The Morgan fingerprint density at radius 2 is 1.83 bits per heavy atom. The summed E-state index contributed by atoms with van der Waals surface area (Å²) in [5.41, 5.74) is 5.29. The van der Waals surface area contributed by atoms with Gasteiger partial charge in [-0.05, 0) is 65.9 Å². The van der Waals surface area contributed by atoms with E-state index in [0.29, 0.717) is 0 Å². The van der Waals surface area contributed by atoms with Crippen molar-refractivity contribution in [3.63, 3.8) is 0 Å². The second kappa shape index (κ2) is 5.43. The molecular formula is C20H15NOS2. The van der Waals surface area contributed by atoms with Crippen molar-refractivity contribution in [1.29, 1.82) is 0 Å². The predicted octanol–water partition coefficient (Wildman–Crippen LogP) is 5.80. The summed E-state index contributed by atoms with van der Waals surface area (Å²) >= 11 is 3.65. The summed E-state index contributed by atoms with van der Waals surface area (Å²) in [6, 6.07) is 17.1. The van der Waals surface area contributed by atoms with Gasteiger partial charge in [-0.25, -0.2) is 4.98 Å². The Kier molecular flexibility index (Phi) is 3.21. The van der Waals surface area contributed by atoms with E-state index in [0.717, 1.165) is 29.1 Å². The van der Waals surface area contributed by atoms with Gasteiger partial charge in [0.05, 0.1) is 22.2 Å². The maximum atomic E-state index is 5.37. The van der Waals surface area contributed by atoms with E-state index in [1.54, 1.807) is 18.4 Å². The van der Waals surface area contributed by atoms with Crippen molar-refractivity contribution in [2.75, 3.05) is 7.11 Å². The number of aryl methyl sites for hydroxylation is 2. The van der Waals surface area contributed by atoms with Gasteiger partial charge >= 0.3 is 0 Å². The second-order valence-electron chi connectivity index (χ2n) is 5.97. The molecule has 0 atom stereocenters. The van der Waals surface area contributed by atoms with Gasteiger partial charge in [0.2, 0.25) is 0 Å². The molecule has 2 nitrogen and oxygen atoms in total. The Balaban J connectivity index is 1.63. The number of fused-ring (bicyclic) bond motifs is 4. The Morgan fingerprint density at radius 3 is 2.71 bits per heavy atom. The molecule has 0 saturated heterocycles. The van der Waals surface area contributed by atoms with Crippen molar-refractivity contribution in [3.05, 3.63) is 59.7 Å². The highest BCUT2D eigenvalue weighted by atomic mass is 32.1. The van der Waals surface area contributed by atoms with Gasteiger partial charge in [0.1, 0.15) is 10.8 Å². The molecule has 1 aliphatic carbocycles. The number of ether oxygens (including phenoxy) is 1. The summed E-state index contributed by atoms with van der Waals surface area (Å²) in [7, 11) is 1.73. The quantitative estimate of drug-likeness (QED) is 0.456. The van der Waals surface area contributed by atoms with E-state index in [4.69, 9.17) is 9.72 Å². The van der Waals surface area contributed by atoms with Gasteiger partial charge in [-0.2, -0.15) is 0 Å². The van der Waals surface area contributed by atoms with Crippen LogP contribution in [0.25, 0.3) is 30.5 Å². The number of rotatable bonds is 2. The minimum absolute atomic E-state index is 0.945. The molecule has 4 heteroatoms. The molecule has 2 heterocycles. The molecule has 4 aromatic rings. The van der Waals surface area contributed by atoms with E-state index in [1.165, 1.54) is 31.1 Å². The van der Waals surface area contributed by atoms with Crippen LogP contribution in [0.15, 0.2) is 48.5 Å². The van der Waals surface area contributed by atoms with Crippen molar-refractivity contribution < 1.29 is 4.74 Å². The van der Waals surface area contributed by atoms with Crippen LogP contribution >= 0.6 is 22.7 Å². The zero-order valence-electron chi connectivity index (χ0n) is 13.2. The summed E-state index contributed by atoms with van der Waals surface area (Å²) < 4.78 is 6.63. The summed E-state index contributed by atoms with van der Waals surface area (Å²) in [5.74, 6) is 0.945. The van der Waals surface area contributed by atoms with Crippen LogP contribution < -0.4 is 4.74 Å². The molecule has 0 unspecified atom stereocenters. The van der Waals surface area contributed by atoms with Gasteiger partial charge in [0, 0.05) is 4.88 Å². The monoisotopic (exact) mass is 349 g/mol. The van der Waals surface area contributed by atoms with Crippen molar-refractivity contribution in [3.8, 4) is 26.1 Å². The van der Waals surface area contributed by atoms with E-state index in [9.17, 15) is 0 Å². The molecule has 0 amide bonds. The molecule has 2 aromatic carbocycles. The molecule has 118 valence electrons. The standard InChI is InChI=1S/C20H15NOS2/c1-22-14-8-9-15-12(10-14)6-7-13-11-18(23-19(13)15)20-21-16-4-2-3-5-17(16)24-20/h2-5,8-11H,6-7H2,1H3. The maximum absolute atomic E-state index is 5.37. The SMILES string of the molecule is COc1ccc2c(c1)CCc1cc(-c3nc4ccccc4s3)sc1-2. The van der Waals surface area contributed by atoms with E-state index in [2.05, 4.69) is 48.5 Å². The lowest BCUT2D eigenvalue weighted by Gasteiger charge is -2.16. The lowest BCUT2D eigenvalue weighted by atomic mass is 9.91. The highest BCUT2D eigenvalue weighted by Crippen LogP contribution is 2.45. The Hall–Kier alpha value is -2.17. The lowest BCUT2D eigenvalue weighted by Crippen LogP contribution is -2.01. The third-order valence-electron chi connectivity index (χ3n) is 4.53. The van der Waals surface area contributed by atoms with Crippen LogP contribution in [0.2, 0.25) is 0 Å². The smallest absolute Gasteiger partial charge is 0.134 e. The number of methoxy groups -OCH3 is 1. The third-order valence-corrected chi connectivity index (χ3v) is 6.95. The third kappa shape index (κ3) is 2.18. The molecule has 0 bridgehead atoms. The van der Waals surface area contributed by atoms with Crippen molar-refractivity contribution in [1.82, 2.24) is 4.98 Å². The molecule has 24 heavy (non-hydrogen) atoms. The summed E-state index contributed by atoms with van der Waals surface area (Å²) in [6.07, 6.45) is 2.17. The van der Waals surface area contributed by atoms with Crippen LogP contribution in [0.1, 0.15) is 11.1 Å². The fourth-order valence-corrected chi connectivity index (χ4v) is 5.60. The lowest BCUT2D eigenvalue weighted by molar-refractivity contribution is 0.414. The van der Waals surface area contributed by atoms with Crippen LogP contribution in [-0.4, -0.2) is 12.1 Å². The molecule has 0 fully saturated rings. The van der Waals surface area contributed by atoms with E-state index < -0.39 is 0 Å². The van der Waals surface area contributed by atoms with Gasteiger partial charge in [0.25, 0.3) is 0 Å². The molecule has 0 spiro atoms. The average Bonchev–Trinajstić information content (AvgIpc) is 3.24. The number of para-hydroxylation sites is 1. The van der Waals surface area contributed by atoms with Gasteiger partial charge in [-0.15, -0.1) is 22.7 Å². The molecule has 2 aromatic heterocycles. The van der Waals surface area contributed by atoms with Gasteiger partial charge in [-0.3, -0.25) is 0 Å². The van der Waals surface area contributed by atoms with Gasteiger partial charge in [-0.1, -0.05) is 12.1 Å². The number of hydrogen-bond donors (Lipinski definition) is 0. The predicted molar refractivity (Wildman–Crippen MR) is 102 cm³/mol. The van der Waals surface area contributed by atoms with Crippen LogP contribution in [0.3, 0.4) is 0 Å². The highest BCUT2D eigenvalue weighted by molar-refractivity contribution is 7.26. The number of nitrogens with zero attached hydrogens (tertiary/aromatic N) is 1. The fourth-order valence-electron chi connectivity index (χ4n) is 3.32. The molecule has 5 rings (SSSR count). The first-order valence-electron chi connectivity index (χ1n) is 7.98. The molecule has 0 radical (unpaired) electrons. The van der Waals surface area contributed by atoms with Crippen molar-refractivity contribution in [2.24, 2.45) is 0 Å². The number of thiazole rings is 1. The first kappa shape index (κ1) is 14.2. The number of benzene rings is 2. The molecule has 0 N–H and O–H groups in total. The van der Waals surface area contributed by atoms with E-state index >= 15 is 0 Å². The largest absolute Gasteiger partial charge is 0.497 e. The zero-order valence-corrected chi connectivity index (χ0v) is 14.8. The first-order chi connectivity index (χ1) is 11.8. The minimum atomic E-state index is 0.945. The number of aromatic nitrogens is 1. The van der Waals surface area contributed by atoms with Crippen LogP contribution in [-0.2, 0) is 12.8 Å². The van der Waals surface area contributed by atoms with Crippen LogP contribution in [0.4, 0.5) is 0 Å². The van der Waals surface area contributed by atoms with Crippen molar-refractivity contribution in [2.45, 2.75) is 12.8 Å². The van der Waals surface area contributed by atoms with E-state index in [-0.39, 0.29) is 0 Å². The topological polar surface area (TPSA) is 22.1 Å². The Morgan fingerprint density at radius 1 is 0.958 bits per heavy atom. The molecule has 0 aliphatic heterocycles. The fraction of sp³-hybridized carbons (Fsp3) is 0.150. The number of hydrogen-bond acceptors (Lipinski definition) is 4.